The van der Waals surface area contributed by atoms with Crippen molar-refractivity contribution in [2.24, 2.45) is 23.0 Å². The number of amides is 1. The Hall–Kier alpha value is -1.10. The summed E-state index contributed by atoms with van der Waals surface area (Å²) in [7, 11) is 0. The Balaban J connectivity index is 2.50. The number of nitrogens with one attached hydrogen (secondary N) is 1. The van der Waals surface area contributed by atoms with Crippen LogP contribution in [0.4, 0.5) is 0 Å². The smallest absolute Gasteiger partial charge is 0.308 e. The molecule has 0 aromatic heterocycles. The quantitative estimate of drug-likeness (QED) is 0.717. The van der Waals surface area contributed by atoms with E-state index >= 15 is 0 Å². The Kier molecular flexibility index (Phi) is 5.99. The molecule has 1 amide bonds. The normalized spacial score (nSPS) is 25.0. The summed E-state index contributed by atoms with van der Waals surface area (Å²) in [6.45, 7) is 6.19. The molecule has 0 aromatic rings. The number of carbonyl (C=O) groups excluding carboxylic acids is 1. The molecule has 1 fully saturated rings. The molecule has 0 spiro atoms. The van der Waals surface area contributed by atoms with E-state index in [4.69, 9.17) is 5.73 Å². The fourth-order valence-corrected chi connectivity index (χ4v) is 2.83. The molecule has 0 radical (unpaired) electrons. The molecule has 1 aliphatic carbocycles. The number of rotatable bonds is 5. The van der Waals surface area contributed by atoms with Gasteiger partial charge in [-0.3, -0.25) is 9.59 Å². The summed E-state index contributed by atoms with van der Waals surface area (Å²) in [4.78, 5) is 23.4. The van der Waals surface area contributed by atoms with Gasteiger partial charge in [0.15, 0.2) is 0 Å². The second-order valence-electron chi connectivity index (χ2n) is 7.10. The van der Waals surface area contributed by atoms with Gasteiger partial charge in [0.2, 0.25) is 5.91 Å². The van der Waals surface area contributed by atoms with Crippen LogP contribution >= 0.6 is 0 Å². The van der Waals surface area contributed by atoms with Gasteiger partial charge in [-0.25, -0.2) is 0 Å². The minimum Gasteiger partial charge on any atom is -0.481 e. The van der Waals surface area contributed by atoms with Crippen LogP contribution in [0.25, 0.3) is 0 Å². The molecular weight excluding hydrogens is 256 g/mol. The van der Waals surface area contributed by atoms with Gasteiger partial charge >= 0.3 is 5.97 Å². The van der Waals surface area contributed by atoms with Crippen LogP contribution in [0.5, 0.6) is 0 Å². The van der Waals surface area contributed by atoms with Crippen LogP contribution in [-0.4, -0.2) is 29.6 Å². The highest BCUT2D eigenvalue weighted by Crippen LogP contribution is 2.25. The number of carboxylic acids is 1. The first-order valence-corrected chi connectivity index (χ1v) is 7.47. The molecule has 5 nitrogen and oxygen atoms in total. The average Bonchev–Trinajstić information content (AvgIpc) is 2.33. The molecule has 0 aliphatic heterocycles. The summed E-state index contributed by atoms with van der Waals surface area (Å²) in [6, 6.07) is -0.0883. The average molecular weight is 284 g/mol. The third-order valence-corrected chi connectivity index (χ3v) is 3.89. The maximum Gasteiger partial charge on any atom is 0.308 e. The van der Waals surface area contributed by atoms with E-state index in [1.165, 1.54) is 0 Å². The Morgan fingerprint density at radius 3 is 2.40 bits per heavy atom. The second kappa shape index (κ2) is 7.07. The minimum atomic E-state index is -0.854. The van der Waals surface area contributed by atoms with E-state index in [2.05, 4.69) is 5.32 Å². The third kappa shape index (κ3) is 5.49. The Labute approximate surface area is 121 Å². The first-order valence-electron chi connectivity index (χ1n) is 7.47. The topological polar surface area (TPSA) is 92.4 Å². The van der Waals surface area contributed by atoms with Crippen molar-refractivity contribution in [2.45, 2.75) is 58.9 Å². The lowest BCUT2D eigenvalue weighted by Gasteiger charge is -2.28. The molecule has 0 saturated heterocycles. The molecule has 0 aromatic carbocycles. The zero-order chi connectivity index (χ0) is 15.3. The molecule has 4 N–H and O–H groups in total. The molecule has 3 atom stereocenters. The van der Waals surface area contributed by atoms with Crippen LogP contribution in [0.3, 0.4) is 0 Å². The van der Waals surface area contributed by atoms with Gasteiger partial charge in [0.05, 0.1) is 11.8 Å². The van der Waals surface area contributed by atoms with Crippen molar-refractivity contribution in [3.05, 3.63) is 0 Å². The fourth-order valence-electron chi connectivity index (χ4n) is 2.83. The summed E-state index contributed by atoms with van der Waals surface area (Å²) in [6.07, 6.45) is 4.33. The molecule has 1 saturated carbocycles. The maximum atomic E-state index is 12.1. The molecule has 20 heavy (non-hydrogen) atoms. The van der Waals surface area contributed by atoms with Crippen LogP contribution in [-0.2, 0) is 9.59 Å². The van der Waals surface area contributed by atoms with Crippen LogP contribution in [0, 0.1) is 17.3 Å². The number of carbonyl (C=O) groups is 2. The van der Waals surface area contributed by atoms with Crippen LogP contribution in [0.15, 0.2) is 0 Å². The lowest BCUT2D eigenvalue weighted by Crippen LogP contribution is -2.45. The number of aliphatic carboxylic acids is 1. The highest BCUT2D eigenvalue weighted by molar-refractivity contribution is 5.80. The predicted octanol–water partition coefficient (Wildman–Crippen LogP) is 1.76. The van der Waals surface area contributed by atoms with Gasteiger partial charge in [0, 0.05) is 12.6 Å². The predicted molar refractivity (Wildman–Crippen MR) is 78.1 cm³/mol. The van der Waals surface area contributed by atoms with Crippen molar-refractivity contribution < 1.29 is 14.7 Å². The third-order valence-electron chi connectivity index (χ3n) is 3.89. The number of nitrogens with two attached hydrogens (primary N) is 1. The minimum absolute atomic E-state index is 0.0744. The SMILES string of the molecule is CC(C)(C)CC(CNC(=O)C1CCCCC1N)C(=O)O. The molecule has 5 heteroatoms. The summed E-state index contributed by atoms with van der Waals surface area (Å²) in [5.74, 6) is -1.64. The van der Waals surface area contributed by atoms with Gasteiger partial charge in [-0.15, -0.1) is 0 Å². The standard InChI is InChI=1S/C15H28N2O3/c1-15(2,3)8-10(14(19)20)9-17-13(18)11-6-4-5-7-12(11)16/h10-12H,4-9,16H2,1-3H3,(H,17,18)(H,19,20). The summed E-state index contributed by atoms with van der Waals surface area (Å²) < 4.78 is 0. The van der Waals surface area contributed by atoms with Crippen molar-refractivity contribution >= 4 is 11.9 Å². The zero-order valence-electron chi connectivity index (χ0n) is 12.8. The van der Waals surface area contributed by atoms with E-state index in [0.29, 0.717) is 6.42 Å². The first-order chi connectivity index (χ1) is 9.20. The van der Waals surface area contributed by atoms with Crippen molar-refractivity contribution in [1.82, 2.24) is 5.32 Å². The Morgan fingerprint density at radius 1 is 1.30 bits per heavy atom. The zero-order valence-corrected chi connectivity index (χ0v) is 12.8. The van der Waals surface area contributed by atoms with Crippen molar-refractivity contribution in [1.29, 1.82) is 0 Å². The van der Waals surface area contributed by atoms with Gasteiger partial charge < -0.3 is 16.2 Å². The largest absolute Gasteiger partial charge is 0.481 e. The van der Waals surface area contributed by atoms with E-state index in [1.54, 1.807) is 0 Å². The van der Waals surface area contributed by atoms with Crippen LogP contribution in [0.1, 0.15) is 52.9 Å². The van der Waals surface area contributed by atoms with E-state index in [9.17, 15) is 14.7 Å². The van der Waals surface area contributed by atoms with E-state index in [1.807, 2.05) is 20.8 Å². The summed E-state index contributed by atoms with van der Waals surface area (Å²) >= 11 is 0. The van der Waals surface area contributed by atoms with Gasteiger partial charge in [-0.05, 0) is 24.7 Å². The van der Waals surface area contributed by atoms with Crippen LogP contribution in [0.2, 0.25) is 0 Å². The summed E-state index contributed by atoms with van der Waals surface area (Å²) in [5, 5.41) is 12.0. The molecule has 1 rings (SSSR count). The highest BCUT2D eigenvalue weighted by atomic mass is 16.4. The second-order valence-corrected chi connectivity index (χ2v) is 7.10. The molecule has 1 aliphatic rings. The monoisotopic (exact) mass is 284 g/mol. The molecule has 0 bridgehead atoms. The highest BCUT2D eigenvalue weighted by Gasteiger charge is 2.30. The van der Waals surface area contributed by atoms with Crippen LogP contribution < -0.4 is 11.1 Å². The van der Waals surface area contributed by atoms with Crippen molar-refractivity contribution in [3.8, 4) is 0 Å². The number of hydrogen-bond donors (Lipinski definition) is 3. The lowest BCUT2D eigenvalue weighted by atomic mass is 9.83. The number of carboxylic acid groups (broad SMARTS) is 1. The van der Waals surface area contributed by atoms with Gasteiger partial charge in [-0.2, -0.15) is 0 Å². The van der Waals surface area contributed by atoms with Crippen molar-refractivity contribution in [3.63, 3.8) is 0 Å². The summed E-state index contributed by atoms with van der Waals surface area (Å²) in [5.41, 5.74) is 5.90. The fraction of sp³-hybridized carbons (Fsp3) is 0.867. The van der Waals surface area contributed by atoms with Gasteiger partial charge in [-0.1, -0.05) is 33.6 Å². The molecule has 3 unspecified atom stereocenters. The van der Waals surface area contributed by atoms with E-state index in [-0.39, 0.29) is 29.8 Å². The first kappa shape index (κ1) is 17.0. The van der Waals surface area contributed by atoms with E-state index in [0.717, 1.165) is 25.7 Å². The van der Waals surface area contributed by atoms with Crippen molar-refractivity contribution in [2.75, 3.05) is 6.54 Å². The number of hydrogen-bond acceptors (Lipinski definition) is 3. The Morgan fingerprint density at radius 2 is 1.90 bits per heavy atom. The maximum absolute atomic E-state index is 12.1. The molecule has 116 valence electrons. The van der Waals surface area contributed by atoms with E-state index < -0.39 is 11.9 Å². The molecular formula is C15H28N2O3. The van der Waals surface area contributed by atoms with Gasteiger partial charge in [0.25, 0.3) is 0 Å². The lowest BCUT2D eigenvalue weighted by molar-refractivity contribution is -0.142. The molecule has 0 heterocycles. The van der Waals surface area contributed by atoms with Gasteiger partial charge in [0.1, 0.15) is 0 Å². The Bertz CT molecular complexity index is 350.